The van der Waals surface area contributed by atoms with Crippen LogP contribution >= 0.6 is 11.6 Å². The van der Waals surface area contributed by atoms with E-state index in [1.54, 1.807) is 18.2 Å². The number of amides is 2. The highest BCUT2D eigenvalue weighted by Gasteiger charge is 2.21. The molecule has 6 heteroatoms. The van der Waals surface area contributed by atoms with E-state index < -0.39 is 0 Å². The highest BCUT2D eigenvalue weighted by Crippen LogP contribution is 2.16. The standard InChI is InChI=1S/C23H26ClN3O2/c1-2-19-7-3-4-9-21(19)25-22(28)17-26-12-14-27(15-13-26)23(29)11-10-18-6-5-8-20(24)16-18/h3-11,16H,2,12-15,17H2,1H3,(H,25,28)/b11-10+. The molecular weight excluding hydrogens is 386 g/mol. The Morgan fingerprint density at radius 3 is 2.55 bits per heavy atom. The van der Waals surface area contributed by atoms with Crippen LogP contribution in [0, 0.1) is 0 Å². The van der Waals surface area contributed by atoms with Gasteiger partial charge in [0.25, 0.3) is 0 Å². The van der Waals surface area contributed by atoms with Crippen LogP contribution in [0.15, 0.2) is 54.6 Å². The molecule has 1 fully saturated rings. The van der Waals surface area contributed by atoms with Crippen molar-refractivity contribution >= 4 is 35.2 Å². The van der Waals surface area contributed by atoms with Crippen molar-refractivity contribution < 1.29 is 9.59 Å². The second kappa shape index (κ2) is 10.2. The minimum atomic E-state index is -0.0223. The fraction of sp³-hybridized carbons (Fsp3) is 0.304. The van der Waals surface area contributed by atoms with E-state index in [1.807, 2.05) is 47.4 Å². The number of hydrogen-bond donors (Lipinski definition) is 1. The first-order valence-electron chi connectivity index (χ1n) is 9.88. The Balaban J connectivity index is 1.46. The summed E-state index contributed by atoms with van der Waals surface area (Å²) >= 11 is 5.97. The molecule has 1 heterocycles. The molecule has 2 aromatic carbocycles. The lowest BCUT2D eigenvalue weighted by atomic mass is 10.1. The SMILES string of the molecule is CCc1ccccc1NC(=O)CN1CCN(C(=O)/C=C/c2cccc(Cl)c2)CC1. The van der Waals surface area contributed by atoms with Crippen LogP contribution < -0.4 is 5.32 Å². The predicted octanol–water partition coefficient (Wildman–Crippen LogP) is 3.70. The summed E-state index contributed by atoms with van der Waals surface area (Å²) in [6, 6.07) is 15.2. The third kappa shape index (κ3) is 6.17. The molecule has 0 radical (unpaired) electrons. The highest BCUT2D eigenvalue weighted by molar-refractivity contribution is 6.30. The molecule has 0 unspecified atom stereocenters. The number of carbonyl (C=O) groups is 2. The zero-order valence-electron chi connectivity index (χ0n) is 16.6. The summed E-state index contributed by atoms with van der Waals surface area (Å²) in [5.74, 6) is -0.0440. The van der Waals surface area contributed by atoms with Gasteiger partial charge in [-0.25, -0.2) is 0 Å². The van der Waals surface area contributed by atoms with Crippen molar-refractivity contribution in [1.29, 1.82) is 0 Å². The third-order valence-electron chi connectivity index (χ3n) is 4.99. The first kappa shape index (κ1) is 21.1. The largest absolute Gasteiger partial charge is 0.337 e. The van der Waals surface area contributed by atoms with Gasteiger partial charge in [-0.05, 0) is 41.8 Å². The molecule has 0 aromatic heterocycles. The van der Waals surface area contributed by atoms with E-state index in [1.165, 1.54) is 0 Å². The molecule has 29 heavy (non-hydrogen) atoms. The molecule has 5 nitrogen and oxygen atoms in total. The average molecular weight is 412 g/mol. The van der Waals surface area contributed by atoms with Crippen molar-refractivity contribution in [3.05, 3.63) is 70.8 Å². The number of benzene rings is 2. The minimum Gasteiger partial charge on any atom is -0.337 e. The predicted molar refractivity (Wildman–Crippen MR) is 118 cm³/mol. The van der Waals surface area contributed by atoms with Crippen LogP contribution in [-0.4, -0.2) is 54.3 Å². The number of rotatable bonds is 6. The van der Waals surface area contributed by atoms with Gasteiger partial charge in [-0.3, -0.25) is 14.5 Å². The average Bonchev–Trinajstić information content (AvgIpc) is 2.73. The van der Waals surface area contributed by atoms with E-state index in [2.05, 4.69) is 17.1 Å². The topological polar surface area (TPSA) is 52.7 Å². The second-order valence-corrected chi connectivity index (χ2v) is 7.49. The van der Waals surface area contributed by atoms with Gasteiger partial charge in [0.05, 0.1) is 6.54 Å². The van der Waals surface area contributed by atoms with Gasteiger partial charge in [0.2, 0.25) is 11.8 Å². The molecule has 2 amide bonds. The summed E-state index contributed by atoms with van der Waals surface area (Å²) in [5, 5.41) is 3.65. The molecule has 1 saturated heterocycles. The van der Waals surface area contributed by atoms with E-state index in [0.717, 1.165) is 23.2 Å². The maximum Gasteiger partial charge on any atom is 0.246 e. The van der Waals surface area contributed by atoms with E-state index in [4.69, 9.17) is 11.6 Å². The third-order valence-corrected chi connectivity index (χ3v) is 5.23. The Morgan fingerprint density at radius 1 is 1.07 bits per heavy atom. The fourth-order valence-electron chi connectivity index (χ4n) is 3.35. The van der Waals surface area contributed by atoms with Crippen LogP contribution in [0.5, 0.6) is 0 Å². The summed E-state index contributed by atoms with van der Waals surface area (Å²) in [6.45, 7) is 4.98. The van der Waals surface area contributed by atoms with Crippen LogP contribution in [0.3, 0.4) is 0 Å². The van der Waals surface area contributed by atoms with E-state index in [0.29, 0.717) is 37.7 Å². The first-order chi connectivity index (χ1) is 14.0. The molecular formula is C23H26ClN3O2. The van der Waals surface area contributed by atoms with Gasteiger partial charge in [0.15, 0.2) is 0 Å². The quantitative estimate of drug-likeness (QED) is 0.737. The van der Waals surface area contributed by atoms with Crippen LogP contribution in [0.1, 0.15) is 18.1 Å². The lowest BCUT2D eigenvalue weighted by Crippen LogP contribution is -2.50. The number of nitrogens with one attached hydrogen (secondary N) is 1. The molecule has 0 spiro atoms. The lowest BCUT2D eigenvalue weighted by Gasteiger charge is -2.33. The normalized spacial score (nSPS) is 14.9. The van der Waals surface area contributed by atoms with Crippen LogP contribution in [-0.2, 0) is 16.0 Å². The van der Waals surface area contributed by atoms with Crippen molar-refractivity contribution in [2.75, 3.05) is 38.0 Å². The van der Waals surface area contributed by atoms with Crippen molar-refractivity contribution in [2.45, 2.75) is 13.3 Å². The van der Waals surface area contributed by atoms with Gasteiger partial charge in [-0.1, -0.05) is 48.9 Å². The van der Waals surface area contributed by atoms with Crippen molar-refractivity contribution in [3.8, 4) is 0 Å². The Kier molecular flexibility index (Phi) is 7.44. The van der Waals surface area contributed by atoms with Crippen LogP contribution in [0.2, 0.25) is 5.02 Å². The van der Waals surface area contributed by atoms with Crippen LogP contribution in [0.4, 0.5) is 5.69 Å². The lowest BCUT2D eigenvalue weighted by molar-refractivity contribution is -0.127. The zero-order chi connectivity index (χ0) is 20.6. The fourth-order valence-corrected chi connectivity index (χ4v) is 3.55. The number of piperazine rings is 1. The monoisotopic (exact) mass is 411 g/mol. The van der Waals surface area contributed by atoms with E-state index >= 15 is 0 Å². The van der Waals surface area contributed by atoms with Gasteiger partial charge in [-0.15, -0.1) is 0 Å². The molecule has 1 aliphatic heterocycles. The number of hydrogen-bond acceptors (Lipinski definition) is 3. The van der Waals surface area contributed by atoms with Crippen LogP contribution in [0.25, 0.3) is 6.08 Å². The van der Waals surface area contributed by atoms with E-state index in [9.17, 15) is 9.59 Å². The van der Waals surface area contributed by atoms with Crippen molar-refractivity contribution in [1.82, 2.24) is 9.80 Å². The molecule has 3 rings (SSSR count). The maximum absolute atomic E-state index is 12.4. The Labute approximate surface area is 177 Å². The zero-order valence-corrected chi connectivity index (χ0v) is 17.4. The van der Waals surface area contributed by atoms with Gasteiger partial charge in [-0.2, -0.15) is 0 Å². The molecule has 0 saturated carbocycles. The molecule has 0 aliphatic carbocycles. The summed E-state index contributed by atoms with van der Waals surface area (Å²) in [4.78, 5) is 28.7. The van der Waals surface area contributed by atoms with Crippen molar-refractivity contribution in [2.24, 2.45) is 0 Å². The number of nitrogens with zero attached hydrogens (tertiary/aromatic N) is 2. The second-order valence-electron chi connectivity index (χ2n) is 7.05. The molecule has 0 bridgehead atoms. The molecule has 152 valence electrons. The minimum absolute atomic E-state index is 0.0217. The number of carbonyl (C=O) groups excluding carboxylic acids is 2. The number of para-hydroxylation sites is 1. The Hall–Kier alpha value is -2.63. The van der Waals surface area contributed by atoms with E-state index in [-0.39, 0.29) is 11.8 Å². The Bertz CT molecular complexity index is 889. The molecule has 2 aromatic rings. The first-order valence-corrected chi connectivity index (χ1v) is 10.3. The van der Waals surface area contributed by atoms with Gasteiger partial charge >= 0.3 is 0 Å². The highest BCUT2D eigenvalue weighted by atomic mass is 35.5. The summed E-state index contributed by atoms with van der Waals surface area (Å²) in [5.41, 5.74) is 2.90. The van der Waals surface area contributed by atoms with Gasteiger partial charge in [0, 0.05) is 43.0 Å². The smallest absolute Gasteiger partial charge is 0.246 e. The maximum atomic E-state index is 12.4. The molecule has 1 aliphatic rings. The summed E-state index contributed by atoms with van der Waals surface area (Å²) in [6.07, 6.45) is 4.23. The summed E-state index contributed by atoms with van der Waals surface area (Å²) < 4.78 is 0. The Morgan fingerprint density at radius 2 is 1.83 bits per heavy atom. The van der Waals surface area contributed by atoms with Crippen molar-refractivity contribution in [3.63, 3.8) is 0 Å². The molecule has 0 atom stereocenters. The molecule has 1 N–H and O–H groups in total. The van der Waals surface area contributed by atoms with Gasteiger partial charge in [0.1, 0.15) is 0 Å². The summed E-state index contributed by atoms with van der Waals surface area (Å²) in [7, 11) is 0. The van der Waals surface area contributed by atoms with Gasteiger partial charge < -0.3 is 10.2 Å². The number of aryl methyl sites for hydroxylation is 1. The number of halogens is 1. The number of anilines is 1.